The van der Waals surface area contributed by atoms with Crippen molar-refractivity contribution >= 4 is 19.1 Å². The van der Waals surface area contributed by atoms with E-state index in [1.54, 1.807) is 17.0 Å². The summed E-state index contributed by atoms with van der Waals surface area (Å²) in [6.07, 6.45) is 2.79. The molecule has 1 amide bonds. The number of benzene rings is 2. The van der Waals surface area contributed by atoms with Gasteiger partial charge in [-0.25, -0.2) is 0 Å². The Bertz CT molecular complexity index is 1020. The molecule has 1 fully saturated rings. The fraction of sp³-hybridized carbons (Fsp3) is 0.385. The molecule has 3 rings (SSSR count). The fourth-order valence-electron chi connectivity index (χ4n) is 3.88. The summed E-state index contributed by atoms with van der Waals surface area (Å²) < 4.78 is 5.83. The highest BCUT2D eigenvalue weighted by molar-refractivity contribution is 6.43. The predicted octanol–water partition coefficient (Wildman–Crippen LogP) is 1.35. The zero-order chi connectivity index (χ0) is 25.0. The molecule has 0 radical (unpaired) electrons. The summed E-state index contributed by atoms with van der Waals surface area (Å²) in [6, 6.07) is 19.0. The average molecular weight is 476 g/mol. The maximum atomic E-state index is 12.7. The molecular formula is C26H33BN4O4. The number of likely N-dealkylation sites (N-methyl/N-ethyl adjacent to an activating group) is 1. The standard InChI is InChI=1S/C26H33BN4O4/c1-30-12-14-31(15-13-30)26(32)23(20-28)17-22-9-5-10-24(18-22)35-16-6-11-29-25(27(33)34)19-21-7-3-2-4-8-21/h2-5,7-10,17-18,25,29,33-34H,6,11-16,19H2,1H3. The summed E-state index contributed by atoms with van der Waals surface area (Å²) in [5.74, 6) is -0.0617. The predicted molar refractivity (Wildman–Crippen MR) is 136 cm³/mol. The highest BCUT2D eigenvalue weighted by atomic mass is 16.5. The number of rotatable bonds is 11. The van der Waals surface area contributed by atoms with Crippen molar-refractivity contribution in [2.45, 2.75) is 18.8 Å². The second-order valence-corrected chi connectivity index (χ2v) is 8.70. The molecule has 0 bridgehead atoms. The Kier molecular flexibility index (Phi) is 10.3. The molecule has 0 aromatic heterocycles. The molecule has 1 saturated heterocycles. The van der Waals surface area contributed by atoms with Crippen molar-refractivity contribution in [2.24, 2.45) is 0 Å². The van der Waals surface area contributed by atoms with Crippen molar-refractivity contribution in [3.63, 3.8) is 0 Å². The Hall–Kier alpha value is -3.16. The largest absolute Gasteiger partial charge is 0.494 e. The first-order chi connectivity index (χ1) is 17.0. The van der Waals surface area contributed by atoms with Crippen LogP contribution in [0.5, 0.6) is 5.75 Å². The summed E-state index contributed by atoms with van der Waals surface area (Å²) >= 11 is 0. The smallest absolute Gasteiger partial charge is 0.469 e. The normalized spacial score (nSPS) is 15.4. The van der Waals surface area contributed by atoms with Crippen molar-refractivity contribution in [3.05, 3.63) is 71.3 Å². The Morgan fingerprint density at radius 2 is 1.91 bits per heavy atom. The number of amides is 1. The molecule has 0 saturated carbocycles. The van der Waals surface area contributed by atoms with Gasteiger partial charge in [-0.2, -0.15) is 5.26 Å². The Morgan fingerprint density at radius 1 is 1.17 bits per heavy atom. The van der Waals surface area contributed by atoms with E-state index in [2.05, 4.69) is 10.2 Å². The van der Waals surface area contributed by atoms with Gasteiger partial charge in [-0.3, -0.25) is 4.79 Å². The Balaban J connectivity index is 1.48. The van der Waals surface area contributed by atoms with Crippen LogP contribution in [0.15, 0.2) is 60.2 Å². The lowest BCUT2D eigenvalue weighted by Gasteiger charge is -2.32. The average Bonchev–Trinajstić information content (AvgIpc) is 2.87. The second-order valence-electron chi connectivity index (χ2n) is 8.70. The van der Waals surface area contributed by atoms with E-state index in [1.807, 2.05) is 61.6 Å². The van der Waals surface area contributed by atoms with Gasteiger partial charge in [0.15, 0.2) is 0 Å². The number of hydrogen-bond donors (Lipinski definition) is 3. The van der Waals surface area contributed by atoms with Gasteiger partial charge in [0.1, 0.15) is 17.4 Å². The van der Waals surface area contributed by atoms with Gasteiger partial charge in [0.05, 0.1) is 6.61 Å². The molecule has 0 aliphatic carbocycles. The summed E-state index contributed by atoms with van der Waals surface area (Å²) in [5, 5.41) is 32.0. The second kappa shape index (κ2) is 13.7. The van der Waals surface area contributed by atoms with E-state index in [-0.39, 0.29) is 11.5 Å². The molecule has 35 heavy (non-hydrogen) atoms. The van der Waals surface area contributed by atoms with Crippen LogP contribution in [0.2, 0.25) is 0 Å². The highest BCUT2D eigenvalue weighted by Gasteiger charge is 2.23. The molecule has 1 aliphatic heterocycles. The summed E-state index contributed by atoms with van der Waals surface area (Å²) in [7, 11) is 0.561. The fourth-order valence-corrected chi connectivity index (χ4v) is 3.88. The molecule has 2 aromatic rings. The number of carbonyl (C=O) groups excluding carboxylic acids is 1. The van der Waals surface area contributed by atoms with Gasteiger partial charge in [0, 0.05) is 32.1 Å². The molecule has 184 valence electrons. The number of nitrogens with zero attached hydrogens (tertiary/aromatic N) is 3. The lowest BCUT2D eigenvalue weighted by atomic mass is 9.76. The van der Waals surface area contributed by atoms with Crippen LogP contribution in [0, 0.1) is 11.3 Å². The first-order valence-corrected chi connectivity index (χ1v) is 11.9. The third kappa shape index (κ3) is 8.53. The number of piperazine rings is 1. The van der Waals surface area contributed by atoms with Crippen molar-refractivity contribution in [3.8, 4) is 11.8 Å². The SMILES string of the molecule is CN1CCN(C(=O)C(C#N)=Cc2cccc(OCCCNC(Cc3ccccc3)B(O)O)c2)CC1. The zero-order valence-electron chi connectivity index (χ0n) is 20.1. The van der Waals surface area contributed by atoms with E-state index in [9.17, 15) is 20.1 Å². The lowest BCUT2D eigenvalue weighted by molar-refractivity contribution is -0.128. The molecule has 1 aliphatic rings. The monoisotopic (exact) mass is 476 g/mol. The van der Waals surface area contributed by atoms with E-state index < -0.39 is 13.1 Å². The minimum Gasteiger partial charge on any atom is -0.494 e. The first-order valence-electron chi connectivity index (χ1n) is 11.9. The molecule has 1 atom stereocenters. The van der Waals surface area contributed by atoms with Gasteiger partial charge in [0.2, 0.25) is 0 Å². The maximum Gasteiger partial charge on any atom is 0.469 e. The van der Waals surface area contributed by atoms with E-state index in [0.717, 1.165) is 24.2 Å². The van der Waals surface area contributed by atoms with Crippen LogP contribution in [-0.2, 0) is 11.2 Å². The van der Waals surface area contributed by atoms with Crippen molar-refractivity contribution in [2.75, 3.05) is 46.4 Å². The van der Waals surface area contributed by atoms with Crippen molar-refractivity contribution in [1.29, 1.82) is 5.26 Å². The van der Waals surface area contributed by atoms with Gasteiger partial charge in [-0.1, -0.05) is 42.5 Å². The van der Waals surface area contributed by atoms with Crippen LogP contribution in [-0.4, -0.2) is 85.2 Å². The zero-order valence-corrected chi connectivity index (χ0v) is 20.1. The van der Waals surface area contributed by atoms with Crippen LogP contribution >= 0.6 is 0 Å². The quantitative estimate of drug-likeness (QED) is 0.194. The van der Waals surface area contributed by atoms with E-state index >= 15 is 0 Å². The topological polar surface area (TPSA) is 109 Å². The molecule has 8 nitrogen and oxygen atoms in total. The van der Waals surface area contributed by atoms with Gasteiger partial charge >= 0.3 is 7.12 Å². The van der Waals surface area contributed by atoms with Gasteiger partial charge in [-0.05, 0) is 55.8 Å². The van der Waals surface area contributed by atoms with E-state index in [0.29, 0.717) is 44.8 Å². The number of carbonyl (C=O) groups is 1. The van der Waals surface area contributed by atoms with Gasteiger partial charge in [0.25, 0.3) is 5.91 Å². The lowest BCUT2D eigenvalue weighted by Crippen LogP contribution is -2.47. The van der Waals surface area contributed by atoms with Crippen LogP contribution in [0.3, 0.4) is 0 Å². The third-order valence-electron chi connectivity index (χ3n) is 5.97. The number of nitrogens with one attached hydrogen (secondary N) is 1. The molecule has 1 unspecified atom stereocenters. The van der Waals surface area contributed by atoms with Crippen molar-refractivity contribution < 1.29 is 19.6 Å². The van der Waals surface area contributed by atoms with Crippen LogP contribution in [0.1, 0.15) is 17.5 Å². The van der Waals surface area contributed by atoms with E-state index in [4.69, 9.17) is 4.74 Å². The Labute approximate surface area is 207 Å². The van der Waals surface area contributed by atoms with Crippen molar-refractivity contribution in [1.82, 2.24) is 15.1 Å². The molecule has 9 heteroatoms. The summed E-state index contributed by atoms with van der Waals surface area (Å²) in [5.41, 5.74) is 1.87. The minimum absolute atomic E-state index is 0.114. The highest BCUT2D eigenvalue weighted by Crippen LogP contribution is 2.17. The number of ether oxygens (including phenoxy) is 1. The maximum absolute atomic E-state index is 12.7. The van der Waals surface area contributed by atoms with Gasteiger partial charge in [-0.15, -0.1) is 0 Å². The molecule has 3 N–H and O–H groups in total. The number of hydrogen-bond acceptors (Lipinski definition) is 7. The third-order valence-corrected chi connectivity index (χ3v) is 5.97. The summed E-state index contributed by atoms with van der Waals surface area (Å²) in [4.78, 5) is 16.6. The summed E-state index contributed by atoms with van der Waals surface area (Å²) in [6.45, 7) is 3.83. The molecule has 2 aromatic carbocycles. The van der Waals surface area contributed by atoms with Crippen LogP contribution < -0.4 is 10.1 Å². The molecule has 1 heterocycles. The first kappa shape index (κ1) is 26.4. The van der Waals surface area contributed by atoms with Crippen LogP contribution in [0.4, 0.5) is 0 Å². The molecular weight excluding hydrogens is 443 g/mol. The van der Waals surface area contributed by atoms with Crippen LogP contribution in [0.25, 0.3) is 6.08 Å². The van der Waals surface area contributed by atoms with E-state index in [1.165, 1.54) is 0 Å². The minimum atomic E-state index is -1.46. The van der Waals surface area contributed by atoms with Gasteiger partial charge < -0.3 is 29.9 Å². The Morgan fingerprint density at radius 3 is 2.60 bits per heavy atom. The number of nitriles is 1. The molecule has 0 spiro atoms.